The van der Waals surface area contributed by atoms with Gasteiger partial charge in [-0.05, 0) is 42.7 Å². The molecule has 24 heavy (non-hydrogen) atoms. The van der Waals surface area contributed by atoms with Crippen LogP contribution in [0.3, 0.4) is 0 Å². The average molecular weight is 339 g/mol. The van der Waals surface area contributed by atoms with Crippen molar-refractivity contribution in [2.45, 2.75) is 37.1 Å². The predicted octanol–water partition coefficient (Wildman–Crippen LogP) is 3.32. The smallest absolute Gasteiger partial charge is 0.506 e. The van der Waals surface area contributed by atoms with E-state index in [2.05, 4.69) is 9.72 Å². The SMILES string of the molecule is Oc1cccnc1CC1(c2cccc(OC(F)(F)F)c2)CC(O)C1. The van der Waals surface area contributed by atoms with Gasteiger partial charge < -0.3 is 14.9 Å². The zero-order valence-corrected chi connectivity index (χ0v) is 12.6. The fraction of sp³-hybridized carbons (Fsp3) is 0.353. The number of pyridine rings is 1. The Hall–Kier alpha value is -2.28. The second-order valence-corrected chi connectivity index (χ2v) is 6.06. The van der Waals surface area contributed by atoms with Crippen LogP contribution in [0, 0.1) is 0 Å². The first kappa shape index (κ1) is 16.6. The van der Waals surface area contributed by atoms with Crippen LogP contribution in [0.4, 0.5) is 13.2 Å². The van der Waals surface area contributed by atoms with Gasteiger partial charge >= 0.3 is 6.36 Å². The van der Waals surface area contributed by atoms with Gasteiger partial charge in [0.1, 0.15) is 11.5 Å². The van der Waals surface area contributed by atoms with Crippen LogP contribution < -0.4 is 4.74 Å². The number of benzene rings is 1. The maximum atomic E-state index is 12.4. The standard InChI is InChI=1S/C17H16F3NO3/c18-17(19,20)24-13-4-1-3-11(7-13)16(8-12(22)9-16)10-14-15(23)5-2-6-21-14/h1-7,12,22-23H,8-10H2. The number of ether oxygens (including phenoxy) is 1. The molecule has 1 aromatic carbocycles. The Morgan fingerprint density at radius 2 is 1.96 bits per heavy atom. The van der Waals surface area contributed by atoms with Crippen LogP contribution in [-0.4, -0.2) is 27.7 Å². The van der Waals surface area contributed by atoms with Gasteiger partial charge in [-0.1, -0.05) is 12.1 Å². The van der Waals surface area contributed by atoms with Crippen LogP contribution in [0.15, 0.2) is 42.6 Å². The lowest BCUT2D eigenvalue weighted by Crippen LogP contribution is -2.46. The van der Waals surface area contributed by atoms with Crippen molar-refractivity contribution >= 4 is 0 Å². The van der Waals surface area contributed by atoms with E-state index in [-0.39, 0.29) is 11.5 Å². The summed E-state index contributed by atoms with van der Waals surface area (Å²) in [5, 5.41) is 19.7. The summed E-state index contributed by atoms with van der Waals surface area (Å²) in [5.41, 5.74) is 0.502. The zero-order chi connectivity index (χ0) is 17.4. The third-order valence-corrected chi connectivity index (χ3v) is 4.30. The van der Waals surface area contributed by atoms with Gasteiger partial charge in [0.2, 0.25) is 0 Å². The van der Waals surface area contributed by atoms with Crippen molar-refractivity contribution in [3.63, 3.8) is 0 Å². The molecule has 4 nitrogen and oxygen atoms in total. The van der Waals surface area contributed by atoms with Crippen LogP contribution in [0.5, 0.6) is 11.5 Å². The Bertz CT molecular complexity index is 727. The van der Waals surface area contributed by atoms with Crippen LogP contribution in [0.1, 0.15) is 24.1 Å². The highest BCUT2D eigenvalue weighted by Crippen LogP contribution is 2.47. The van der Waals surface area contributed by atoms with E-state index in [1.165, 1.54) is 24.3 Å². The van der Waals surface area contributed by atoms with E-state index in [1.54, 1.807) is 18.3 Å². The molecule has 0 radical (unpaired) electrons. The molecular weight excluding hydrogens is 323 g/mol. The Kier molecular flexibility index (Phi) is 4.13. The van der Waals surface area contributed by atoms with Gasteiger partial charge in [0, 0.05) is 18.0 Å². The second kappa shape index (κ2) is 5.98. The summed E-state index contributed by atoms with van der Waals surface area (Å²) in [6.07, 6.45) is -2.64. The summed E-state index contributed by atoms with van der Waals surface area (Å²) in [5.74, 6) is -0.271. The Morgan fingerprint density at radius 3 is 2.58 bits per heavy atom. The van der Waals surface area contributed by atoms with E-state index < -0.39 is 17.9 Å². The topological polar surface area (TPSA) is 62.6 Å². The Labute approximate surface area is 136 Å². The monoisotopic (exact) mass is 339 g/mol. The van der Waals surface area contributed by atoms with E-state index in [1.807, 2.05) is 0 Å². The molecule has 2 aromatic rings. The largest absolute Gasteiger partial charge is 0.573 e. The summed E-state index contributed by atoms with van der Waals surface area (Å²) in [6.45, 7) is 0. The highest BCUT2D eigenvalue weighted by Gasteiger charge is 2.46. The molecule has 0 atom stereocenters. The van der Waals surface area contributed by atoms with Crippen molar-refractivity contribution in [1.82, 2.24) is 4.98 Å². The van der Waals surface area contributed by atoms with Gasteiger partial charge in [0.05, 0.1) is 11.8 Å². The molecule has 128 valence electrons. The molecule has 3 rings (SSSR count). The van der Waals surface area contributed by atoms with Crippen LogP contribution in [0.2, 0.25) is 0 Å². The van der Waals surface area contributed by atoms with Crippen LogP contribution in [-0.2, 0) is 11.8 Å². The number of halogens is 3. The number of aliphatic hydroxyl groups excluding tert-OH is 1. The molecule has 0 bridgehead atoms. The molecule has 1 heterocycles. The minimum Gasteiger partial charge on any atom is -0.506 e. The summed E-state index contributed by atoms with van der Waals surface area (Å²) >= 11 is 0. The number of rotatable bonds is 4. The molecule has 0 aliphatic heterocycles. The molecular formula is C17H16F3NO3. The lowest BCUT2D eigenvalue weighted by Gasteiger charge is -2.46. The third kappa shape index (κ3) is 3.46. The van der Waals surface area contributed by atoms with Gasteiger partial charge in [-0.25, -0.2) is 0 Å². The molecule has 0 spiro atoms. The fourth-order valence-corrected chi connectivity index (χ4v) is 3.23. The maximum Gasteiger partial charge on any atom is 0.573 e. The minimum absolute atomic E-state index is 0.0287. The lowest BCUT2D eigenvalue weighted by molar-refractivity contribution is -0.274. The molecule has 1 fully saturated rings. The number of nitrogens with zero attached hydrogens (tertiary/aromatic N) is 1. The Balaban J connectivity index is 1.91. The summed E-state index contributed by atoms with van der Waals surface area (Å²) in [7, 11) is 0. The van der Waals surface area contributed by atoms with Gasteiger partial charge in [-0.15, -0.1) is 13.2 Å². The second-order valence-electron chi connectivity index (χ2n) is 6.06. The van der Waals surface area contributed by atoms with Gasteiger partial charge in [-0.3, -0.25) is 4.98 Å². The molecule has 7 heteroatoms. The average Bonchev–Trinajstić information content (AvgIpc) is 2.46. The highest BCUT2D eigenvalue weighted by atomic mass is 19.4. The molecule has 0 saturated heterocycles. The number of aliphatic hydroxyl groups is 1. The van der Waals surface area contributed by atoms with Gasteiger partial charge in [0.15, 0.2) is 0 Å². The summed E-state index contributed by atoms with van der Waals surface area (Å²) < 4.78 is 41.2. The van der Waals surface area contributed by atoms with Crippen molar-refractivity contribution in [2.75, 3.05) is 0 Å². The van der Waals surface area contributed by atoms with Crippen molar-refractivity contribution in [2.24, 2.45) is 0 Å². The summed E-state index contributed by atoms with van der Waals surface area (Å²) in [4.78, 5) is 4.13. The first-order chi connectivity index (χ1) is 11.3. The molecule has 0 unspecified atom stereocenters. The molecule has 1 aliphatic rings. The number of hydrogen-bond donors (Lipinski definition) is 2. The van der Waals surface area contributed by atoms with Gasteiger partial charge in [0.25, 0.3) is 0 Å². The molecule has 1 aliphatic carbocycles. The normalized spacial score (nSPS) is 23.6. The highest BCUT2D eigenvalue weighted by molar-refractivity contribution is 5.39. The molecule has 2 N–H and O–H groups in total. The van der Waals surface area contributed by atoms with Crippen molar-refractivity contribution in [3.05, 3.63) is 53.9 Å². The van der Waals surface area contributed by atoms with E-state index in [9.17, 15) is 23.4 Å². The van der Waals surface area contributed by atoms with Crippen molar-refractivity contribution in [1.29, 1.82) is 0 Å². The van der Waals surface area contributed by atoms with E-state index in [0.717, 1.165) is 0 Å². The van der Waals surface area contributed by atoms with Crippen LogP contribution in [0.25, 0.3) is 0 Å². The van der Waals surface area contributed by atoms with Gasteiger partial charge in [-0.2, -0.15) is 0 Å². The number of aromatic hydroxyl groups is 1. The van der Waals surface area contributed by atoms with E-state index in [0.29, 0.717) is 30.5 Å². The third-order valence-electron chi connectivity index (χ3n) is 4.30. The summed E-state index contributed by atoms with van der Waals surface area (Å²) in [6, 6.07) is 8.86. The van der Waals surface area contributed by atoms with E-state index in [4.69, 9.17) is 0 Å². The minimum atomic E-state index is -4.76. The predicted molar refractivity (Wildman–Crippen MR) is 79.6 cm³/mol. The zero-order valence-electron chi connectivity index (χ0n) is 12.6. The van der Waals surface area contributed by atoms with Crippen molar-refractivity contribution < 1.29 is 28.1 Å². The van der Waals surface area contributed by atoms with Crippen LogP contribution >= 0.6 is 0 Å². The quantitative estimate of drug-likeness (QED) is 0.897. The first-order valence-corrected chi connectivity index (χ1v) is 7.45. The Morgan fingerprint density at radius 1 is 1.21 bits per heavy atom. The van der Waals surface area contributed by atoms with E-state index >= 15 is 0 Å². The molecule has 1 saturated carbocycles. The fourth-order valence-electron chi connectivity index (χ4n) is 3.23. The van der Waals surface area contributed by atoms with Crippen molar-refractivity contribution in [3.8, 4) is 11.5 Å². The molecule has 0 amide bonds. The maximum absolute atomic E-state index is 12.4. The number of hydrogen-bond acceptors (Lipinski definition) is 4. The molecule has 1 aromatic heterocycles. The number of alkyl halides is 3. The number of aromatic nitrogens is 1. The lowest BCUT2D eigenvalue weighted by atomic mass is 9.60. The first-order valence-electron chi connectivity index (χ1n) is 7.45.